The maximum Gasteiger partial charge on any atom is 0.0900 e. The highest BCUT2D eigenvalue weighted by molar-refractivity contribution is 5.42. The van der Waals surface area contributed by atoms with E-state index in [4.69, 9.17) is 0 Å². The van der Waals surface area contributed by atoms with Crippen molar-refractivity contribution < 1.29 is 0 Å². The van der Waals surface area contributed by atoms with Crippen LogP contribution in [0.2, 0.25) is 0 Å². The molecule has 0 aliphatic rings. The highest BCUT2D eigenvalue weighted by Gasteiger charge is 2.13. The molecule has 0 aliphatic heterocycles. The van der Waals surface area contributed by atoms with Crippen LogP contribution in [-0.2, 0) is 0 Å². The fourth-order valence-corrected chi connectivity index (χ4v) is 0.945. The van der Waals surface area contributed by atoms with E-state index in [0.717, 1.165) is 6.42 Å². The van der Waals surface area contributed by atoms with Gasteiger partial charge >= 0.3 is 0 Å². The summed E-state index contributed by atoms with van der Waals surface area (Å²) >= 11 is 0. The van der Waals surface area contributed by atoms with E-state index in [0.29, 0.717) is 6.04 Å². The number of unbranched alkanes of at least 4 members (excludes halogenated alkanes) is 1. The summed E-state index contributed by atoms with van der Waals surface area (Å²) < 4.78 is 0. The van der Waals surface area contributed by atoms with Crippen molar-refractivity contribution in [2.24, 2.45) is 9.98 Å². The summed E-state index contributed by atoms with van der Waals surface area (Å²) in [6.45, 7) is 10.5. The van der Waals surface area contributed by atoms with E-state index in [9.17, 15) is 0 Å². The average Bonchev–Trinajstić information content (AvgIpc) is 2.00. The maximum atomic E-state index is 4.32. The van der Waals surface area contributed by atoms with Crippen molar-refractivity contribution in [2.45, 2.75) is 65.5 Å². The van der Waals surface area contributed by atoms with E-state index in [1.165, 1.54) is 12.8 Å². The minimum Gasteiger partial charge on any atom is -0.223 e. The predicted octanol–water partition coefficient (Wildman–Crippen LogP) is 3.54. The molecule has 0 atom stereocenters. The highest BCUT2D eigenvalue weighted by Crippen LogP contribution is 2.16. The molecular weight excluding hydrogens is 160 g/mol. The van der Waals surface area contributed by atoms with Gasteiger partial charge in [0.2, 0.25) is 0 Å². The molecule has 2 nitrogen and oxygen atoms in total. The lowest BCUT2D eigenvalue weighted by atomic mass is 9.99. The molecule has 0 aliphatic carbocycles. The maximum absolute atomic E-state index is 4.32. The molecule has 0 radical (unpaired) electrons. The lowest BCUT2D eigenvalue weighted by molar-refractivity contribution is 0.461. The number of hydrogen-bond donors (Lipinski definition) is 0. The summed E-state index contributed by atoms with van der Waals surface area (Å²) in [5.41, 5.74) is 0.00833. The van der Waals surface area contributed by atoms with Crippen LogP contribution < -0.4 is 0 Å². The Kier molecular flexibility index (Phi) is 5.65. The van der Waals surface area contributed by atoms with Crippen LogP contribution in [0.5, 0.6) is 0 Å². The summed E-state index contributed by atoms with van der Waals surface area (Å²) in [6, 6.07) is 3.08. The molecular formula is C11H22N2. The standard InChI is InChI=1S/C11H22N2/c1-6-7-8-11(4,5)13-9-12-10(2)3/h10H,6-8H2,1-5H3. The molecule has 0 amide bonds. The number of aliphatic imine (C=N–C) groups is 2. The Morgan fingerprint density at radius 3 is 2.38 bits per heavy atom. The second-order valence-corrected chi connectivity index (χ2v) is 4.35. The van der Waals surface area contributed by atoms with Gasteiger partial charge < -0.3 is 0 Å². The zero-order valence-electron chi connectivity index (χ0n) is 9.59. The van der Waals surface area contributed by atoms with Gasteiger partial charge in [0.25, 0.3) is 0 Å². The molecule has 0 rings (SSSR count). The first-order chi connectivity index (χ1) is 5.98. The third-order valence-corrected chi connectivity index (χ3v) is 1.81. The van der Waals surface area contributed by atoms with Crippen molar-refractivity contribution in [1.29, 1.82) is 0 Å². The van der Waals surface area contributed by atoms with Crippen LogP contribution in [0, 0.1) is 0 Å². The largest absolute Gasteiger partial charge is 0.223 e. The van der Waals surface area contributed by atoms with Gasteiger partial charge in [-0.25, -0.2) is 9.98 Å². The fraction of sp³-hybridized carbons (Fsp3) is 0.909. The fourth-order valence-electron chi connectivity index (χ4n) is 0.945. The van der Waals surface area contributed by atoms with Gasteiger partial charge in [0.1, 0.15) is 0 Å². The smallest absolute Gasteiger partial charge is 0.0900 e. The second kappa shape index (κ2) is 5.93. The molecule has 0 saturated heterocycles. The summed E-state index contributed by atoms with van der Waals surface area (Å²) in [7, 11) is 0. The monoisotopic (exact) mass is 182 g/mol. The molecule has 0 spiro atoms. The number of rotatable bonds is 5. The minimum atomic E-state index is 0.00833. The van der Waals surface area contributed by atoms with Crippen molar-refractivity contribution in [1.82, 2.24) is 0 Å². The van der Waals surface area contributed by atoms with Crippen LogP contribution in [0.3, 0.4) is 0 Å². The Morgan fingerprint density at radius 1 is 1.31 bits per heavy atom. The van der Waals surface area contributed by atoms with Crippen molar-refractivity contribution in [2.75, 3.05) is 0 Å². The summed E-state index contributed by atoms with van der Waals surface area (Å²) in [4.78, 5) is 8.42. The molecule has 2 heteroatoms. The zero-order chi connectivity index (χ0) is 10.3. The predicted molar refractivity (Wildman–Crippen MR) is 58.6 cm³/mol. The first-order valence-corrected chi connectivity index (χ1v) is 5.14. The van der Waals surface area contributed by atoms with Crippen LogP contribution in [0.25, 0.3) is 0 Å². The van der Waals surface area contributed by atoms with Crippen molar-refractivity contribution in [3.05, 3.63) is 0 Å². The van der Waals surface area contributed by atoms with E-state index in [-0.39, 0.29) is 5.54 Å². The van der Waals surface area contributed by atoms with Gasteiger partial charge in [0.05, 0.1) is 17.6 Å². The SMILES string of the molecule is CCCCC(C)(C)N=C=NC(C)C. The first-order valence-electron chi connectivity index (χ1n) is 5.14. The van der Waals surface area contributed by atoms with Crippen molar-refractivity contribution in [3.8, 4) is 0 Å². The quantitative estimate of drug-likeness (QED) is 0.581. The average molecular weight is 182 g/mol. The molecule has 0 heterocycles. The Labute approximate surface area is 82.2 Å². The zero-order valence-corrected chi connectivity index (χ0v) is 9.59. The summed E-state index contributed by atoms with van der Waals surface area (Å²) in [6.07, 6.45) is 3.56. The van der Waals surface area contributed by atoms with E-state index in [2.05, 4.69) is 36.8 Å². The summed E-state index contributed by atoms with van der Waals surface area (Å²) in [5, 5.41) is 0. The van der Waals surface area contributed by atoms with Crippen molar-refractivity contribution >= 4 is 6.01 Å². The minimum absolute atomic E-state index is 0.00833. The Hall–Kier alpha value is -0.620. The van der Waals surface area contributed by atoms with Crippen LogP contribution in [0.1, 0.15) is 53.9 Å². The molecule has 0 aromatic carbocycles. The van der Waals surface area contributed by atoms with Gasteiger partial charge in [0, 0.05) is 0 Å². The van der Waals surface area contributed by atoms with Gasteiger partial charge in [-0.2, -0.15) is 0 Å². The molecule has 0 aromatic heterocycles. The molecule has 76 valence electrons. The first kappa shape index (κ1) is 12.4. The van der Waals surface area contributed by atoms with Crippen LogP contribution in [0.4, 0.5) is 0 Å². The Balaban J connectivity index is 4.07. The molecule has 0 fully saturated rings. The Morgan fingerprint density at radius 2 is 1.92 bits per heavy atom. The Bertz CT molecular complexity index is 186. The molecule has 0 saturated carbocycles. The van der Waals surface area contributed by atoms with Gasteiger partial charge in [0.15, 0.2) is 0 Å². The molecule has 0 aromatic rings. The van der Waals surface area contributed by atoms with Crippen LogP contribution in [-0.4, -0.2) is 17.6 Å². The normalized spacial score (nSPS) is 11.2. The van der Waals surface area contributed by atoms with E-state index < -0.39 is 0 Å². The molecule has 0 N–H and O–H groups in total. The van der Waals surface area contributed by atoms with Gasteiger partial charge in [-0.15, -0.1) is 0 Å². The lowest BCUT2D eigenvalue weighted by Crippen LogP contribution is -2.15. The van der Waals surface area contributed by atoms with E-state index >= 15 is 0 Å². The van der Waals surface area contributed by atoms with Crippen LogP contribution in [0.15, 0.2) is 9.98 Å². The van der Waals surface area contributed by atoms with E-state index in [1.807, 2.05) is 13.8 Å². The van der Waals surface area contributed by atoms with Gasteiger partial charge in [-0.1, -0.05) is 19.8 Å². The highest BCUT2D eigenvalue weighted by atomic mass is 14.9. The third-order valence-electron chi connectivity index (χ3n) is 1.81. The third kappa shape index (κ3) is 7.73. The topological polar surface area (TPSA) is 24.7 Å². The second-order valence-electron chi connectivity index (χ2n) is 4.35. The number of nitrogens with zero attached hydrogens (tertiary/aromatic N) is 2. The molecule has 0 unspecified atom stereocenters. The molecule has 13 heavy (non-hydrogen) atoms. The van der Waals surface area contributed by atoms with Gasteiger partial charge in [-0.3, -0.25) is 0 Å². The summed E-state index contributed by atoms with van der Waals surface area (Å²) in [5.74, 6) is 0. The van der Waals surface area contributed by atoms with E-state index in [1.54, 1.807) is 0 Å². The van der Waals surface area contributed by atoms with Gasteiger partial charge in [-0.05, 0) is 34.1 Å². The lowest BCUT2D eigenvalue weighted by Gasteiger charge is -2.16. The number of hydrogen-bond acceptors (Lipinski definition) is 2. The van der Waals surface area contributed by atoms with Crippen molar-refractivity contribution in [3.63, 3.8) is 0 Å². The molecule has 0 bridgehead atoms. The van der Waals surface area contributed by atoms with Crippen LogP contribution >= 0.6 is 0 Å².